The van der Waals surface area contributed by atoms with Gasteiger partial charge in [-0.2, -0.15) is 0 Å². The number of aliphatic hydroxyl groups is 1. The standard InChI is InChI=1S/C20H26O4/c1-5-23-8-9-24-17-10-14(2)20(15(3)11-17)18-12-16(13-21)6-7-19(18)22-4/h6-7,10-12,21H,5,8-9,13H2,1-4H3. The van der Waals surface area contributed by atoms with Crippen LogP contribution in [0.15, 0.2) is 30.3 Å². The van der Waals surface area contributed by atoms with Gasteiger partial charge >= 0.3 is 0 Å². The fourth-order valence-electron chi connectivity index (χ4n) is 2.84. The maximum absolute atomic E-state index is 9.42. The summed E-state index contributed by atoms with van der Waals surface area (Å²) in [6.07, 6.45) is 0. The van der Waals surface area contributed by atoms with Crippen molar-refractivity contribution < 1.29 is 19.3 Å². The topological polar surface area (TPSA) is 47.9 Å². The number of benzene rings is 2. The number of hydrogen-bond acceptors (Lipinski definition) is 4. The number of hydrogen-bond donors (Lipinski definition) is 1. The van der Waals surface area contributed by atoms with E-state index in [1.54, 1.807) is 7.11 Å². The van der Waals surface area contributed by atoms with E-state index in [1.165, 1.54) is 0 Å². The van der Waals surface area contributed by atoms with Crippen LogP contribution >= 0.6 is 0 Å². The van der Waals surface area contributed by atoms with E-state index in [1.807, 2.05) is 37.3 Å². The zero-order valence-corrected chi connectivity index (χ0v) is 14.9. The van der Waals surface area contributed by atoms with Gasteiger partial charge in [0.15, 0.2) is 0 Å². The first kappa shape index (κ1) is 18.3. The first-order chi connectivity index (χ1) is 11.6. The predicted molar refractivity (Wildman–Crippen MR) is 95.8 cm³/mol. The van der Waals surface area contributed by atoms with Gasteiger partial charge in [-0.25, -0.2) is 0 Å². The van der Waals surface area contributed by atoms with Crippen molar-refractivity contribution in [3.63, 3.8) is 0 Å². The number of aryl methyl sites for hydroxylation is 2. The van der Waals surface area contributed by atoms with Crippen molar-refractivity contribution >= 4 is 0 Å². The van der Waals surface area contributed by atoms with Gasteiger partial charge in [0, 0.05) is 12.2 Å². The van der Waals surface area contributed by atoms with E-state index in [0.717, 1.165) is 39.3 Å². The lowest BCUT2D eigenvalue weighted by Crippen LogP contribution is -2.06. The van der Waals surface area contributed by atoms with Crippen molar-refractivity contribution in [2.75, 3.05) is 26.9 Å². The molecule has 0 spiro atoms. The van der Waals surface area contributed by atoms with Crippen molar-refractivity contribution in [1.82, 2.24) is 0 Å². The monoisotopic (exact) mass is 330 g/mol. The highest BCUT2D eigenvalue weighted by Gasteiger charge is 2.13. The van der Waals surface area contributed by atoms with E-state index in [9.17, 15) is 5.11 Å². The Labute approximate surface area is 144 Å². The van der Waals surface area contributed by atoms with Gasteiger partial charge in [0.05, 0.1) is 20.3 Å². The normalized spacial score (nSPS) is 10.7. The summed E-state index contributed by atoms with van der Waals surface area (Å²) >= 11 is 0. The average molecular weight is 330 g/mol. The molecular weight excluding hydrogens is 304 g/mol. The van der Waals surface area contributed by atoms with E-state index in [-0.39, 0.29) is 6.61 Å². The summed E-state index contributed by atoms with van der Waals surface area (Å²) in [6, 6.07) is 9.80. The molecule has 0 aliphatic rings. The minimum Gasteiger partial charge on any atom is -0.496 e. The molecule has 2 aromatic carbocycles. The Balaban J connectivity index is 2.34. The van der Waals surface area contributed by atoms with E-state index in [4.69, 9.17) is 14.2 Å². The van der Waals surface area contributed by atoms with Gasteiger partial charge in [-0.15, -0.1) is 0 Å². The molecule has 4 heteroatoms. The molecular formula is C20H26O4. The van der Waals surface area contributed by atoms with Gasteiger partial charge in [-0.3, -0.25) is 0 Å². The number of aliphatic hydroxyl groups excluding tert-OH is 1. The molecule has 0 bridgehead atoms. The molecule has 0 heterocycles. The maximum Gasteiger partial charge on any atom is 0.126 e. The van der Waals surface area contributed by atoms with Crippen LogP contribution in [0.25, 0.3) is 11.1 Å². The van der Waals surface area contributed by atoms with Crippen LogP contribution in [0.1, 0.15) is 23.6 Å². The molecule has 0 saturated carbocycles. The summed E-state index contributed by atoms with van der Waals surface area (Å²) in [5, 5.41) is 9.42. The highest BCUT2D eigenvalue weighted by molar-refractivity contribution is 5.77. The Hall–Kier alpha value is -2.04. The molecule has 4 nitrogen and oxygen atoms in total. The minimum absolute atomic E-state index is 0.00765. The Kier molecular flexibility index (Phi) is 6.64. The maximum atomic E-state index is 9.42. The first-order valence-corrected chi connectivity index (χ1v) is 8.20. The Bertz CT molecular complexity index is 656. The Morgan fingerprint density at radius 1 is 1.00 bits per heavy atom. The second-order valence-corrected chi connectivity index (χ2v) is 5.67. The van der Waals surface area contributed by atoms with Crippen LogP contribution in [0.2, 0.25) is 0 Å². The molecule has 2 rings (SSSR count). The zero-order valence-electron chi connectivity index (χ0n) is 14.9. The van der Waals surface area contributed by atoms with E-state index in [0.29, 0.717) is 19.8 Å². The molecule has 130 valence electrons. The van der Waals surface area contributed by atoms with Gasteiger partial charge in [0.2, 0.25) is 0 Å². The molecule has 0 aromatic heterocycles. The second kappa shape index (κ2) is 8.71. The van der Waals surface area contributed by atoms with Crippen LogP contribution in [0, 0.1) is 13.8 Å². The second-order valence-electron chi connectivity index (χ2n) is 5.67. The lowest BCUT2D eigenvalue weighted by atomic mass is 9.93. The fourth-order valence-corrected chi connectivity index (χ4v) is 2.84. The molecule has 0 amide bonds. The average Bonchev–Trinajstić information content (AvgIpc) is 2.58. The lowest BCUT2D eigenvalue weighted by molar-refractivity contribution is 0.110. The van der Waals surface area contributed by atoms with Crippen molar-refractivity contribution in [2.24, 2.45) is 0 Å². The summed E-state index contributed by atoms with van der Waals surface area (Å²) in [6.45, 7) is 7.91. The van der Waals surface area contributed by atoms with Crippen LogP contribution in [0.3, 0.4) is 0 Å². The zero-order chi connectivity index (χ0) is 17.5. The summed E-state index contributed by atoms with van der Waals surface area (Å²) in [7, 11) is 1.66. The van der Waals surface area contributed by atoms with E-state index >= 15 is 0 Å². The van der Waals surface area contributed by atoms with Gasteiger partial charge in [-0.1, -0.05) is 6.07 Å². The van der Waals surface area contributed by atoms with Crippen molar-refractivity contribution in [3.05, 3.63) is 47.0 Å². The quantitative estimate of drug-likeness (QED) is 0.746. The Morgan fingerprint density at radius 2 is 1.71 bits per heavy atom. The SMILES string of the molecule is CCOCCOc1cc(C)c(-c2cc(CO)ccc2OC)c(C)c1. The molecule has 0 fully saturated rings. The van der Waals surface area contributed by atoms with Crippen molar-refractivity contribution in [3.8, 4) is 22.6 Å². The summed E-state index contributed by atoms with van der Waals surface area (Å²) in [4.78, 5) is 0. The summed E-state index contributed by atoms with van der Waals surface area (Å²) in [5.74, 6) is 1.63. The number of methoxy groups -OCH3 is 1. The molecule has 0 radical (unpaired) electrons. The molecule has 0 unspecified atom stereocenters. The minimum atomic E-state index is 0.00765. The fraction of sp³-hybridized carbons (Fsp3) is 0.400. The van der Waals surface area contributed by atoms with Crippen LogP contribution in [-0.4, -0.2) is 32.0 Å². The molecule has 0 aliphatic carbocycles. The van der Waals surface area contributed by atoms with Crippen LogP contribution < -0.4 is 9.47 Å². The predicted octanol–water partition coefficient (Wildman–Crippen LogP) is 3.89. The summed E-state index contributed by atoms with van der Waals surface area (Å²) < 4.78 is 16.6. The molecule has 0 atom stereocenters. The molecule has 2 aromatic rings. The molecule has 0 aliphatic heterocycles. The van der Waals surface area contributed by atoms with Crippen molar-refractivity contribution in [2.45, 2.75) is 27.4 Å². The third-order valence-electron chi connectivity index (χ3n) is 3.92. The first-order valence-electron chi connectivity index (χ1n) is 8.20. The van der Waals surface area contributed by atoms with Crippen LogP contribution in [0.4, 0.5) is 0 Å². The number of ether oxygens (including phenoxy) is 3. The lowest BCUT2D eigenvalue weighted by Gasteiger charge is -2.17. The van der Waals surface area contributed by atoms with E-state index in [2.05, 4.69) is 13.8 Å². The highest BCUT2D eigenvalue weighted by atomic mass is 16.5. The van der Waals surface area contributed by atoms with Crippen LogP contribution in [-0.2, 0) is 11.3 Å². The van der Waals surface area contributed by atoms with Gasteiger partial charge in [-0.05, 0) is 67.3 Å². The molecule has 0 saturated heterocycles. The van der Waals surface area contributed by atoms with Gasteiger partial charge < -0.3 is 19.3 Å². The number of rotatable bonds is 8. The van der Waals surface area contributed by atoms with Gasteiger partial charge in [0.1, 0.15) is 18.1 Å². The third-order valence-corrected chi connectivity index (χ3v) is 3.92. The largest absolute Gasteiger partial charge is 0.496 e. The molecule has 1 N–H and O–H groups in total. The smallest absolute Gasteiger partial charge is 0.126 e. The third kappa shape index (κ3) is 4.28. The van der Waals surface area contributed by atoms with Gasteiger partial charge in [0.25, 0.3) is 0 Å². The van der Waals surface area contributed by atoms with Crippen molar-refractivity contribution in [1.29, 1.82) is 0 Å². The molecule has 24 heavy (non-hydrogen) atoms. The highest BCUT2D eigenvalue weighted by Crippen LogP contribution is 2.37. The van der Waals surface area contributed by atoms with Crippen LogP contribution in [0.5, 0.6) is 11.5 Å². The Morgan fingerprint density at radius 3 is 2.29 bits per heavy atom. The summed E-state index contributed by atoms with van der Waals surface area (Å²) in [5.41, 5.74) is 5.17. The van der Waals surface area contributed by atoms with E-state index < -0.39 is 0 Å².